The summed E-state index contributed by atoms with van der Waals surface area (Å²) in [6.45, 7) is 6.76. The van der Waals surface area contributed by atoms with Crippen molar-refractivity contribution in [3.8, 4) is 5.88 Å². The summed E-state index contributed by atoms with van der Waals surface area (Å²) >= 11 is 0. The molecule has 0 spiro atoms. The number of ether oxygens (including phenoxy) is 1. The second-order valence-corrected chi connectivity index (χ2v) is 13.8. The van der Waals surface area contributed by atoms with Crippen LogP contribution in [-0.2, 0) is 30.7 Å². The third kappa shape index (κ3) is 4.96. The molecular formula is C18H23F3N4O3Si. The lowest BCUT2D eigenvalue weighted by Crippen LogP contribution is -2.34. The number of pyridine rings is 1. The van der Waals surface area contributed by atoms with Gasteiger partial charge in [-0.3, -0.25) is 4.79 Å². The summed E-state index contributed by atoms with van der Waals surface area (Å²) in [5.74, 6) is -0.203. The van der Waals surface area contributed by atoms with E-state index in [2.05, 4.69) is 29.7 Å². The van der Waals surface area contributed by atoms with Crippen LogP contribution < -0.4 is 10.5 Å². The van der Waals surface area contributed by atoms with Gasteiger partial charge in [0, 0.05) is 40.0 Å². The number of aromatic hydroxyl groups is 1. The highest BCUT2D eigenvalue weighted by Crippen LogP contribution is 2.37. The highest BCUT2D eigenvalue weighted by molar-refractivity contribution is 6.76. The third-order valence-corrected chi connectivity index (χ3v) is 6.35. The van der Waals surface area contributed by atoms with Gasteiger partial charge in [-0.1, -0.05) is 19.6 Å². The Balaban J connectivity index is 1.86. The molecule has 0 aliphatic carbocycles. The van der Waals surface area contributed by atoms with Crippen LogP contribution in [-0.4, -0.2) is 34.6 Å². The van der Waals surface area contributed by atoms with Gasteiger partial charge in [0.25, 0.3) is 5.56 Å². The highest BCUT2D eigenvalue weighted by Gasteiger charge is 2.40. The maximum atomic E-state index is 13.7. The number of alkyl halides is 3. The molecule has 7 nitrogen and oxygen atoms in total. The predicted molar refractivity (Wildman–Crippen MR) is 103 cm³/mol. The van der Waals surface area contributed by atoms with Crippen molar-refractivity contribution in [1.82, 2.24) is 14.8 Å². The Hall–Kier alpha value is -2.40. The molecule has 158 valence electrons. The number of nitrogens with zero attached hydrogens (tertiary/aromatic N) is 4. The van der Waals surface area contributed by atoms with Gasteiger partial charge in [-0.05, 0) is 17.2 Å². The van der Waals surface area contributed by atoms with Gasteiger partial charge in [-0.25, -0.2) is 9.67 Å². The molecule has 11 heteroatoms. The molecule has 2 aromatic heterocycles. The molecule has 3 heterocycles. The number of aromatic nitrogens is 3. The smallest absolute Gasteiger partial charge is 0.423 e. The zero-order valence-corrected chi connectivity index (χ0v) is 17.5. The average molecular weight is 428 g/mol. The minimum atomic E-state index is -4.84. The zero-order chi connectivity index (χ0) is 21.4. The van der Waals surface area contributed by atoms with E-state index in [-0.39, 0.29) is 31.4 Å². The first kappa shape index (κ1) is 21.3. The average Bonchev–Trinajstić information content (AvgIpc) is 3.00. The van der Waals surface area contributed by atoms with E-state index in [1.54, 1.807) is 0 Å². The van der Waals surface area contributed by atoms with Crippen molar-refractivity contribution in [1.29, 1.82) is 0 Å². The Morgan fingerprint density at radius 1 is 1.21 bits per heavy atom. The first-order valence-corrected chi connectivity index (χ1v) is 12.8. The van der Waals surface area contributed by atoms with Crippen LogP contribution in [0.4, 0.5) is 18.9 Å². The van der Waals surface area contributed by atoms with E-state index < -0.39 is 25.4 Å². The lowest BCUT2D eigenvalue weighted by molar-refractivity contribution is -0.138. The first-order valence-electron chi connectivity index (χ1n) is 9.12. The van der Waals surface area contributed by atoms with Gasteiger partial charge >= 0.3 is 6.18 Å². The van der Waals surface area contributed by atoms with Crippen LogP contribution in [0, 0.1) is 0 Å². The van der Waals surface area contributed by atoms with E-state index in [0.29, 0.717) is 22.4 Å². The van der Waals surface area contributed by atoms with Gasteiger partial charge < -0.3 is 14.7 Å². The Morgan fingerprint density at radius 3 is 2.55 bits per heavy atom. The Morgan fingerprint density at radius 2 is 1.90 bits per heavy atom. The molecule has 29 heavy (non-hydrogen) atoms. The van der Waals surface area contributed by atoms with Crippen molar-refractivity contribution in [2.75, 3.05) is 11.5 Å². The summed E-state index contributed by atoms with van der Waals surface area (Å²) in [6.07, 6.45) is -2.38. The van der Waals surface area contributed by atoms with E-state index in [9.17, 15) is 23.1 Å². The number of anilines is 1. The van der Waals surface area contributed by atoms with E-state index >= 15 is 0 Å². The van der Waals surface area contributed by atoms with Gasteiger partial charge in [0.05, 0.1) is 11.9 Å². The minimum absolute atomic E-state index is 0.117. The molecular weight excluding hydrogens is 405 g/mol. The van der Waals surface area contributed by atoms with Crippen molar-refractivity contribution < 1.29 is 23.0 Å². The fourth-order valence-electron chi connectivity index (χ4n) is 3.05. The normalized spacial score (nSPS) is 14.3. The zero-order valence-electron chi connectivity index (χ0n) is 16.5. The van der Waals surface area contributed by atoms with E-state index in [1.807, 2.05) is 0 Å². The SMILES string of the molecule is C[Si](C)(C)CCOCn1ncc(N2Cc3cnc(O)cc3C2)c(C(F)(F)F)c1=O. The maximum absolute atomic E-state index is 13.7. The summed E-state index contributed by atoms with van der Waals surface area (Å²) in [5, 5.41) is 13.4. The number of hydrogen-bond acceptors (Lipinski definition) is 6. The van der Waals surface area contributed by atoms with E-state index in [4.69, 9.17) is 4.74 Å². The molecule has 1 aliphatic rings. The van der Waals surface area contributed by atoms with Crippen LogP contribution in [0.25, 0.3) is 0 Å². The third-order valence-electron chi connectivity index (χ3n) is 4.65. The molecule has 0 saturated heterocycles. The number of rotatable bonds is 6. The molecule has 3 rings (SSSR count). The summed E-state index contributed by atoms with van der Waals surface area (Å²) in [6, 6.07) is 2.24. The van der Waals surface area contributed by atoms with E-state index in [1.165, 1.54) is 17.2 Å². The topological polar surface area (TPSA) is 80.5 Å². The molecule has 1 aliphatic heterocycles. The van der Waals surface area contributed by atoms with Gasteiger partial charge in [0.15, 0.2) is 0 Å². The fraction of sp³-hybridized carbons (Fsp3) is 0.500. The standard InChI is InChI=1S/C18H23F3N4O3Si/c1-29(2,3)5-4-28-11-25-17(27)16(18(19,20)21)14(8-23-25)24-9-12-6-15(26)22-7-13(12)10-24/h6-8H,4-5,9-11H2,1-3H3,(H,22,26). The number of halogens is 3. The number of hydrogen-bond donors (Lipinski definition) is 1. The molecule has 2 aromatic rings. The maximum Gasteiger partial charge on any atom is 0.423 e. The molecule has 0 fully saturated rings. The van der Waals surface area contributed by atoms with Crippen LogP contribution in [0.3, 0.4) is 0 Å². The molecule has 0 saturated carbocycles. The largest absolute Gasteiger partial charge is 0.493 e. The van der Waals surface area contributed by atoms with Gasteiger partial charge in [0.1, 0.15) is 12.3 Å². The quantitative estimate of drug-likeness (QED) is 0.562. The first-order chi connectivity index (χ1) is 13.5. The predicted octanol–water partition coefficient (Wildman–Crippen LogP) is 3.20. The summed E-state index contributed by atoms with van der Waals surface area (Å²) in [5.41, 5.74) is -1.46. The van der Waals surface area contributed by atoms with Crippen LogP contribution in [0.2, 0.25) is 25.7 Å². The Bertz CT molecular complexity index is 957. The molecule has 0 amide bonds. The van der Waals surface area contributed by atoms with Crippen molar-refractivity contribution >= 4 is 13.8 Å². The van der Waals surface area contributed by atoms with Gasteiger partial charge in [0.2, 0.25) is 5.88 Å². The molecule has 0 unspecified atom stereocenters. The Labute approximate surface area is 166 Å². The van der Waals surface area contributed by atoms with Gasteiger partial charge in [-0.2, -0.15) is 18.3 Å². The molecule has 0 radical (unpaired) electrons. The van der Waals surface area contributed by atoms with Crippen molar-refractivity contribution in [3.63, 3.8) is 0 Å². The summed E-state index contributed by atoms with van der Waals surface area (Å²) in [4.78, 5) is 17.7. The van der Waals surface area contributed by atoms with Crippen LogP contribution in [0.15, 0.2) is 23.3 Å². The molecule has 0 atom stereocenters. The van der Waals surface area contributed by atoms with Crippen LogP contribution >= 0.6 is 0 Å². The molecule has 0 aromatic carbocycles. The summed E-state index contributed by atoms with van der Waals surface area (Å²) in [7, 11) is -1.35. The van der Waals surface area contributed by atoms with Gasteiger partial charge in [-0.15, -0.1) is 0 Å². The fourth-order valence-corrected chi connectivity index (χ4v) is 3.80. The van der Waals surface area contributed by atoms with Crippen molar-refractivity contribution in [2.45, 2.75) is 51.7 Å². The van der Waals surface area contributed by atoms with Crippen molar-refractivity contribution in [2.24, 2.45) is 0 Å². The van der Waals surface area contributed by atoms with E-state index in [0.717, 1.165) is 12.2 Å². The van der Waals surface area contributed by atoms with Crippen molar-refractivity contribution in [3.05, 3.63) is 45.5 Å². The lowest BCUT2D eigenvalue weighted by atomic mass is 10.2. The highest BCUT2D eigenvalue weighted by atomic mass is 28.3. The van der Waals surface area contributed by atoms with Crippen LogP contribution in [0.5, 0.6) is 5.88 Å². The second-order valence-electron chi connectivity index (χ2n) is 8.22. The van der Waals surface area contributed by atoms with Crippen LogP contribution in [0.1, 0.15) is 16.7 Å². The molecule has 1 N–H and O–H groups in total. The Kier molecular flexibility index (Phi) is 5.72. The lowest BCUT2D eigenvalue weighted by Gasteiger charge is -2.22. The summed E-state index contributed by atoms with van der Waals surface area (Å²) < 4.78 is 47.3. The number of fused-ring (bicyclic) bond motifs is 1. The second kappa shape index (κ2) is 7.79. The monoisotopic (exact) mass is 428 g/mol. The minimum Gasteiger partial charge on any atom is -0.493 e. The molecule has 0 bridgehead atoms.